The van der Waals surface area contributed by atoms with Crippen LogP contribution in [0.15, 0.2) is 30.5 Å². The van der Waals surface area contributed by atoms with Gasteiger partial charge < -0.3 is 14.0 Å². The second kappa shape index (κ2) is 4.87. The van der Waals surface area contributed by atoms with E-state index >= 15 is 0 Å². The number of fused-ring (bicyclic) bond motifs is 1. The molecule has 3 nitrogen and oxygen atoms in total. The van der Waals surface area contributed by atoms with Gasteiger partial charge in [0.2, 0.25) is 0 Å². The number of halogens is 1. The average Bonchev–Trinajstić information content (AvgIpc) is 3.06. The molecule has 1 aromatic heterocycles. The van der Waals surface area contributed by atoms with Crippen molar-refractivity contribution in [3.63, 3.8) is 0 Å². The summed E-state index contributed by atoms with van der Waals surface area (Å²) in [6.45, 7) is 1.43. The van der Waals surface area contributed by atoms with Gasteiger partial charge in [0.15, 0.2) is 5.79 Å². The zero-order valence-electron chi connectivity index (χ0n) is 12.1. The molecule has 1 fully saturated rings. The Hall–Kier alpha value is -1.29. The Labute approximate surface area is 129 Å². The lowest BCUT2D eigenvalue weighted by atomic mass is 9.90. The molecular weight excluding hydrogens is 286 g/mol. The molecule has 2 aliphatic rings. The van der Waals surface area contributed by atoms with E-state index in [-0.39, 0.29) is 5.79 Å². The molecule has 0 atom stereocenters. The second-order valence-electron chi connectivity index (χ2n) is 5.86. The first-order chi connectivity index (χ1) is 10.2. The number of benzene rings is 1. The van der Waals surface area contributed by atoms with E-state index < -0.39 is 0 Å². The largest absolute Gasteiger partial charge is 0.350 e. The van der Waals surface area contributed by atoms with Gasteiger partial charge in [0.05, 0.1) is 13.2 Å². The topological polar surface area (TPSA) is 23.4 Å². The first-order valence-corrected chi connectivity index (χ1v) is 7.77. The molecule has 1 aromatic carbocycles. The summed E-state index contributed by atoms with van der Waals surface area (Å²) in [6, 6.07) is 6.08. The molecule has 4 rings (SSSR count). The number of aromatic nitrogens is 1. The summed E-state index contributed by atoms with van der Waals surface area (Å²) in [5, 5.41) is 2.01. The van der Waals surface area contributed by atoms with E-state index in [1.807, 2.05) is 6.07 Å². The van der Waals surface area contributed by atoms with Gasteiger partial charge in [-0.2, -0.15) is 0 Å². The van der Waals surface area contributed by atoms with E-state index in [1.54, 1.807) is 0 Å². The molecular formula is C17H18ClNO2. The fourth-order valence-electron chi connectivity index (χ4n) is 3.43. The van der Waals surface area contributed by atoms with E-state index in [0.29, 0.717) is 13.2 Å². The highest BCUT2D eigenvalue weighted by Crippen LogP contribution is 2.40. The summed E-state index contributed by atoms with van der Waals surface area (Å²) in [6.07, 6.45) is 7.20. The van der Waals surface area contributed by atoms with E-state index in [4.69, 9.17) is 21.1 Å². The molecule has 0 unspecified atom stereocenters. The molecule has 1 aliphatic carbocycles. The van der Waals surface area contributed by atoms with Gasteiger partial charge in [0.1, 0.15) is 0 Å². The molecule has 0 saturated carbocycles. The first kappa shape index (κ1) is 13.4. The minimum absolute atomic E-state index is 0.355. The van der Waals surface area contributed by atoms with Crippen molar-refractivity contribution in [1.29, 1.82) is 0 Å². The highest BCUT2D eigenvalue weighted by Gasteiger charge is 2.37. The van der Waals surface area contributed by atoms with Crippen molar-refractivity contribution in [2.24, 2.45) is 7.05 Å². The van der Waals surface area contributed by atoms with Gasteiger partial charge in [-0.25, -0.2) is 0 Å². The number of hydrogen-bond donors (Lipinski definition) is 0. The summed E-state index contributed by atoms with van der Waals surface area (Å²) in [7, 11) is 2.08. The SMILES string of the molecule is Cn1cc(C2=CCC3(CC2)OCCO3)c2cc(Cl)ccc21. The summed E-state index contributed by atoms with van der Waals surface area (Å²) in [4.78, 5) is 0. The maximum absolute atomic E-state index is 6.17. The smallest absolute Gasteiger partial charge is 0.172 e. The Kier molecular flexibility index (Phi) is 3.10. The third-order valence-electron chi connectivity index (χ3n) is 4.55. The van der Waals surface area contributed by atoms with Crippen molar-refractivity contribution in [2.45, 2.75) is 25.0 Å². The molecule has 0 amide bonds. The molecule has 0 N–H and O–H groups in total. The number of ether oxygens (including phenoxy) is 2. The molecule has 2 heterocycles. The van der Waals surface area contributed by atoms with E-state index in [2.05, 4.69) is 36.0 Å². The van der Waals surface area contributed by atoms with E-state index in [9.17, 15) is 0 Å². The molecule has 1 spiro atoms. The Morgan fingerprint density at radius 3 is 2.76 bits per heavy atom. The quantitative estimate of drug-likeness (QED) is 0.790. The molecule has 0 radical (unpaired) electrons. The normalized spacial score (nSPS) is 21.1. The Morgan fingerprint density at radius 2 is 2.05 bits per heavy atom. The third kappa shape index (κ3) is 2.20. The van der Waals surface area contributed by atoms with E-state index in [0.717, 1.165) is 24.3 Å². The van der Waals surface area contributed by atoms with Crippen LogP contribution in [-0.2, 0) is 16.5 Å². The zero-order valence-corrected chi connectivity index (χ0v) is 12.8. The maximum Gasteiger partial charge on any atom is 0.172 e. The lowest BCUT2D eigenvalue weighted by molar-refractivity contribution is -0.159. The van der Waals surface area contributed by atoms with Gasteiger partial charge in [0, 0.05) is 47.6 Å². The fraction of sp³-hybridized carbons (Fsp3) is 0.412. The van der Waals surface area contributed by atoms with Crippen molar-refractivity contribution in [3.05, 3.63) is 41.1 Å². The third-order valence-corrected chi connectivity index (χ3v) is 4.78. The van der Waals surface area contributed by atoms with Crippen LogP contribution in [0.3, 0.4) is 0 Å². The lowest BCUT2D eigenvalue weighted by Gasteiger charge is -2.30. The predicted molar refractivity (Wildman–Crippen MR) is 84.4 cm³/mol. The molecule has 0 bridgehead atoms. The first-order valence-electron chi connectivity index (χ1n) is 7.39. The standard InChI is InChI=1S/C17H18ClNO2/c1-19-11-15(14-10-13(18)2-3-16(14)19)12-4-6-17(7-5-12)20-8-9-21-17/h2-4,10-11H,5-9H2,1H3. The second-order valence-corrected chi connectivity index (χ2v) is 6.29. The monoisotopic (exact) mass is 303 g/mol. The number of nitrogens with zero attached hydrogens (tertiary/aromatic N) is 1. The number of aryl methyl sites for hydroxylation is 1. The van der Waals surface area contributed by atoms with Gasteiger partial charge in [-0.3, -0.25) is 0 Å². The number of rotatable bonds is 1. The summed E-state index contributed by atoms with van der Waals surface area (Å²) in [5.74, 6) is -0.355. The molecule has 2 aromatic rings. The number of hydrogen-bond acceptors (Lipinski definition) is 2. The van der Waals surface area contributed by atoms with Crippen molar-refractivity contribution >= 4 is 28.1 Å². The Balaban J connectivity index is 1.74. The summed E-state index contributed by atoms with van der Waals surface area (Å²) < 4.78 is 13.7. The van der Waals surface area contributed by atoms with Crippen LogP contribution in [0, 0.1) is 0 Å². The minimum Gasteiger partial charge on any atom is -0.350 e. The Bertz CT molecular complexity index is 726. The van der Waals surface area contributed by atoms with Crippen LogP contribution in [-0.4, -0.2) is 23.6 Å². The van der Waals surface area contributed by atoms with Gasteiger partial charge in [-0.15, -0.1) is 0 Å². The van der Waals surface area contributed by atoms with E-state index in [1.165, 1.54) is 22.0 Å². The highest BCUT2D eigenvalue weighted by molar-refractivity contribution is 6.31. The fourth-order valence-corrected chi connectivity index (χ4v) is 3.60. The summed E-state index contributed by atoms with van der Waals surface area (Å²) in [5.41, 5.74) is 3.86. The van der Waals surface area contributed by atoms with Crippen LogP contribution in [0.1, 0.15) is 24.8 Å². The van der Waals surface area contributed by atoms with Crippen molar-refractivity contribution in [3.8, 4) is 0 Å². The minimum atomic E-state index is -0.355. The van der Waals surface area contributed by atoms with Crippen molar-refractivity contribution in [2.75, 3.05) is 13.2 Å². The molecule has 110 valence electrons. The molecule has 1 saturated heterocycles. The molecule has 4 heteroatoms. The van der Waals surface area contributed by atoms with Gasteiger partial charge in [-0.05, 0) is 30.2 Å². The maximum atomic E-state index is 6.17. The molecule has 21 heavy (non-hydrogen) atoms. The summed E-state index contributed by atoms with van der Waals surface area (Å²) >= 11 is 6.17. The van der Waals surface area contributed by atoms with Crippen LogP contribution in [0.2, 0.25) is 5.02 Å². The highest BCUT2D eigenvalue weighted by atomic mass is 35.5. The van der Waals surface area contributed by atoms with Gasteiger partial charge in [-0.1, -0.05) is 17.7 Å². The Morgan fingerprint density at radius 1 is 1.24 bits per heavy atom. The molecule has 1 aliphatic heterocycles. The van der Waals surface area contributed by atoms with Crippen LogP contribution in [0.25, 0.3) is 16.5 Å². The van der Waals surface area contributed by atoms with Crippen molar-refractivity contribution in [1.82, 2.24) is 4.57 Å². The van der Waals surface area contributed by atoms with Crippen molar-refractivity contribution < 1.29 is 9.47 Å². The zero-order chi connectivity index (χ0) is 14.4. The average molecular weight is 304 g/mol. The van der Waals surface area contributed by atoms with Crippen LogP contribution < -0.4 is 0 Å². The van der Waals surface area contributed by atoms with Crippen LogP contribution in [0.4, 0.5) is 0 Å². The van der Waals surface area contributed by atoms with Gasteiger partial charge >= 0.3 is 0 Å². The van der Waals surface area contributed by atoms with Crippen LogP contribution in [0.5, 0.6) is 0 Å². The van der Waals surface area contributed by atoms with Gasteiger partial charge in [0.25, 0.3) is 0 Å². The number of allylic oxidation sites excluding steroid dienone is 1. The predicted octanol–water partition coefficient (Wildman–Crippen LogP) is 4.14. The lowest BCUT2D eigenvalue weighted by Crippen LogP contribution is -2.31. The van der Waals surface area contributed by atoms with Crippen LogP contribution >= 0.6 is 11.6 Å².